The van der Waals surface area contributed by atoms with Gasteiger partial charge in [-0.25, -0.2) is 4.39 Å². The van der Waals surface area contributed by atoms with Crippen LogP contribution >= 0.6 is 11.8 Å². The van der Waals surface area contributed by atoms with E-state index >= 15 is 0 Å². The molecule has 3 heteroatoms. The monoisotopic (exact) mass is 255 g/mol. The number of halogens is 1. The molecule has 0 unspecified atom stereocenters. The van der Waals surface area contributed by atoms with E-state index in [-0.39, 0.29) is 5.82 Å². The Hall–Kier alpha value is -0.540. The van der Waals surface area contributed by atoms with Crippen LogP contribution in [0.25, 0.3) is 0 Å². The van der Waals surface area contributed by atoms with Crippen LogP contribution in [0.3, 0.4) is 0 Å². The van der Waals surface area contributed by atoms with Crippen LogP contribution in [0.5, 0.6) is 0 Å². The first-order chi connectivity index (χ1) is 8.29. The van der Waals surface area contributed by atoms with Crippen LogP contribution in [0, 0.1) is 5.82 Å². The first-order valence-corrected chi connectivity index (χ1v) is 7.39. The number of hydrogen-bond acceptors (Lipinski definition) is 2. The largest absolute Gasteiger partial charge is 0.313 e. The standard InChI is InChI=1S/C14H22FNS/c1-3-5-10-17-14-8-6-7-13(15)12(14)11-16-9-4-2/h6-8,16H,3-5,9-11H2,1-2H3. The second-order valence-electron chi connectivity index (χ2n) is 4.10. The van der Waals surface area contributed by atoms with E-state index in [9.17, 15) is 4.39 Å². The maximum Gasteiger partial charge on any atom is 0.128 e. The van der Waals surface area contributed by atoms with Gasteiger partial charge in [0.1, 0.15) is 5.82 Å². The van der Waals surface area contributed by atoms with Gasteiger partial charge >= 0.3 is 0 Å². The zero-order valence-corrected chi connectivity index (χ0v) is 11.6. The quantitative estimate of drug-likeness (QED) is 0.551. The highest BCUT2D eigenvalue weighted by molar-refractivity contribution is 7.99. The summed E-state index contributed by atoms with van der Waals surface area (Å²) in [6.45, 7) is 5.86. The minimum Gasteiger partial charge on any atom is -0.313 e. The fourth-order valence-electron chi connectivity index (χ4n) is 1.56. The minimum absolute atomic E-state index is 0.0879. The van der Waals surface area contributed by atoms with Gasteiger partial charge in [0.2, 0.25) is 0 Å². The molecule has 0 saturated carbocycles. The van der Waals surface area contributed by atoms with Gasteiger partial charge in [-0.15, -0.1) is 11.8 Å². The highest BCUT2D eigenvalue weighted by Gasteiger charge is 2.07. The average Bonchev–Trinajstić information content (AvgIpc) is 2.33. The summed E-state index contributed by atoms with van der Waals surface area (Å²) < 4.78 is 13.7. The molecule has 0 aliphatic carbocycles. The summed E-state index contributed by atoms with van der Waals surface area (Å²) in [5.74, 6) is 0.982. The molecule has 17 heavy (non-hydrogen) atoms. The number of nitrogens with one attached hydrogen (secondary N) is 1. The van der Waals surface area contributed by atoms with E-state index in [2.05, 4.69) is 19.2 Å². The third-order valence-corrected chi connectivity index (χ3v) is 3.75. The van der Waals surface area contributed by atoms with E-state index in [0.29, 0.717) is 6.54 Å². The van der Waals surface area contributed by atoms with Crippen LogP contribution in [-0.4, -0.2) is 12.3 Å². The molecule has 0 aliphatic rings. The molecule has 1 nitrogen and oxygen atoms in total. The van der Waals surface area contributed by atoms with Gasteiger partial charge in [0.15, 0.2) is 0 Å². The molecule has 0 bridgehead atoms. The first kappa shape index (κ1) is 14.5. The van der Waals surface area contributed by atoms with E-state index in [1.165, 1.54) is 12.8 Å². The van der Waals surface area contributed by atoms with Gasteiger partial charge < -0.3 is 5.32 Å². The lowest BCUT2D eigenvalue weighted by Gasteiger charge is -2.10. The molecular formula is C14H22FNS. The molecule has 1 aromatic rings. The maximum atomic E-state index is 13.7. The molecule has 1 aromatic carbocycles. The zero-order chi connectivity index (χ0) is 12.5. The lowest BCUT2D eigenvalue weighted by molar-refractivity contribution is 0.578. The highest BCUT2D eigenvalue weighted by atomic mass is 32.2. The van der Waals surface area contributed by atoms with Crippen molar-refractivity contribution >= 4 is 11.8 Å². The molecule has 0 saturated heterocycles. The van der Waals surface area contributed by atoms with Crippen LogP contribution in [0.2, 0.25) is 0 Å². The van der Waals surface area contributed by atoms with Gasteiger partial charge in [-0.2, -0.15) is 0 Å². The number of unbranched alkanes of at least 4 members (excludes halogenated alkanes) is 1. The number of hydrogen-bond donors (Lipinski definition) is 1. The van der Waals surface area contributed by atoms with Crippen LogP contribution in [0.4, 0.5) is 4.39 Å². The van der Waals surface area contributed by atoms with E-state index in [0.717, 1.165) is 29.2 Å². The molecule has 0 atom stereocenters. The van der Waals surface area contributed by atoms with E-state index < -0.39 is 0 Å². The maximum absolute atomic E-state index is 13.7. The number of benzene rings is 1. The van der Waals surface area contributed by atoms with E-state index in [1.54, 1.807) is 23.9 Å². The van der Waals surface area contributed by atoms with Crippen LogP contribution in [0.1, 0.15) is 38.7 Å². The number of thioether (sulfide) groups is 1. The normalized spacial score (nSPS) is 10.8. The van der Waals surface area contributed by atoms with Crippen molar-refractivity contribution in [3.05, 3.63) is 29.6 Å². The average molecular weight is 255 g/mol. The second-order valence-corrected chi connectivity index (χ2v) is 5.23. The summed E-state index contributed by atoms with van der Waals surface area (Å²) >= 11 is 1.76. The fourth-order valence-corrected chi connectivity index (χ4v) is 2.73. The summed E-state index contributed by atoms with van der Waals surface area (Å²) in [6.07, 6.45) is 3.45. The summed E-state index contributed by atoms with van der Waals surface area (Å²) in [5, 5.41) is 3.27. The molecule has 0 aromatic heterocycles. The molecule has 0 heterocycles. The Morgan fingerprint density at radius 3 is 2.76 bits per heavy atom. The lowest BCUT2D eigenvalue weighted by atomic mass is 10.2. The Bertz CT molecular complexity index is 328. The smallest absolute Gasteiger partial charge is 0.128 e. The van der Waals surface area contributed by atoms with Crippen molar-refractivity contribution in [2.45, 2.75) is 44.6 Å². The van der Waals surface area contributed by atoms with Crippen molar-refractivity contribution in [1.29, 1.82) is 0 Å². The SMILES string of the molecule is CCCCSc1cccc(F)c1CNCCC. The van der Waals surface area contributed by atoms with Crippen molar-refractivity contribution in [3.63, 3.8) is 0 Å². The van der Waals surface area contributed by atoms with Crippen molar-refractivity contribution < 1.29 is 4.39 Å². The van der Waals surface area contributed by atoms with E-state index in [1.807, 2.05) is 6.07 Å². The van der Waals surface area contributed by atoms with E-state index in [4.69, 9.17) is 0 Å². The van der Waals surface area contributed by atoms with Crippen molar-refractivity contribution in [2.75, 3.05) is 12.3 Å². The Balaban J connectivity index is 2.63. The van der Waals surface area contributed by atoms with Gasteiger partial charge in [-0.05, 0) is 37.3 Å². The predicted octanol–water partition coefficient (Wildman–Crippen LogP) is 4.22. The van der Waals surface area contributed by atoms with Gasteiger partial charge in [-0.3, -0.25) is 0 Å². The third-order valence-electron chi connectivity index (χ3n) is 2.56. The summed E-state index contributed by atoms with van der Waals surface area (Å²) in [6, 6.07) is 5.37. The molecule has 1 N–H and O–H groups in total. The minimum atomic E-state index is -0.0879. The molecular weight excluding hydrogens is 233 g/mol. The molecule has 0 spiro atoms. The molecule has 96 valence electrons. The van der Waals surface area contributed by atoms with Crippen LogP contribution in [-0.2, 0) is 6.54 Å². The third kappa shape index (κ3) is 5.09. The van der Waals surface area contributed by atoms with Gasteiger partial charge in [-0.1, -0.05) is 26.3 Å². The van der Waals surface area contributed by atoms with Crippen LogP contribution < -0.4 is 5.32 Å². The summed E-state index contributed by atoms with van der Waals surface area (Å²) in [7, 11) is 0. The zero-order valence-electron chi connectivity index (χ0n) is 10.8. The van der Waals surface area contributed by atoms with Crippen molar-refractivity contribution in [2.24, 2.45) is 0 Å². The Morgan fingerprint density at radius 1 is 1.24 bits per heavy atom. The lowest BCUT2D eigenvalue weighted by Crippen LogP contribution is -2.15. The Morgan fingerprint density at radius 2 is 2.06 bits per heavy atom. The van der Waals surface area contributed by atoms with Crippen molar-refractivity contribution in [1.82, 2.24) is 5.32 Å². The molecule has 0 fully saturated rings. The van der Waals surface area contributed by atoms with Gasteiger partial charge in [0, 0.05) is 17.0 Å². The predicted molar refractivity (Wildman–Crippen MR) is 74.0 cm³/mol. The highest BCUT2D eigenvalue weighted by Crippen LogP contribution is 2.25. The second kappa shape index (κ2) is 8.54. The number of rotatable bonds is 8. The van der Waals surface area contributed by atoms with Crippen LogP contribution in [0.15, 0.2) is 23.1 Å². The topological polar surface area (TPSA) is 12.0 Å². The molecule has 0 aliphatic heterocycles. The molecule has 0 radical (unpaired) electrons. The Labute approximate surface area is 108 Å². The van der Waals surface area contributed by atoms with Gasteiger partial charge in [0.25, 0.3) is 0 Å². The Kier molecular flexibility index (Phi) is 7.29. The fraction of sp³-hybridized carbons (Fsp3) is 0.571. The molecule has 1 rings (SSSR count). The van der Waals surface area contributed by atoms with Gasteiger partial charge in [0.05, 0.1) is 0 Å². The van der Waals surface area contributed by atoms with Crippen molar-refractivity contribution in [3.8, 4) is 0 Å². The first-order valence-electron chi connectivity index (χ1n) is 6.40. The summed E-state index contributed by atoms with van der Waals surface area (Å²) in [5.41, 5.74) is 0.821. The summed E-state index contributed by atoms with van der Waals surface area (Å²) in [4.78, 5) is 1.09. The molecule has 0 amide bonds.